The Hall–Kier alpha value is -1.64. The van der Waals surface area contributed by atoms with Gasteiger partial charge in [-0.05, 0) is 22.6 Å². The van der Waals surface area contributed by atoms with Crippen LogP contribution in [-0.4, -0.2) is 54.6 Å². The maximum Gasteiger partial charge on any atom is 0.218 e. The van der Waals surface area contributed by atoms with E-state index in [1.54, 1.807) is 12.4 Å². The van der Waals surface area contributed by atoms with Crippen LogP contribution in [0.3, 0.4) is 0 Å². The molecule has 0 unspecified atom stereocenters. The summed E-state index contributed by atoms with van der Waals surface area (Å²) in [6.07, 6.45) is 4.10. The van der Waals surface area contributed by atoms with Crippen molar-refractivity contribution in [3.63, 3.8) is 0 Å². The van der Waals surface area contributed by atoms with E-state index in [0.717, 1.165) is 33.4 Å². The molecule has 0 aliphatic heterocycles. The van der Waals surface area contributed by atoms with Gasteiger partial charge >= 0.3 is 0 Å². The second-order valence-electron chi connectivity index (χ2n) is 5.13. The molecule has 0 saturated carbocycles. The van der Waals surface area contributed by atoms with Gasteiger partial charge < -0.3 is 4.74 Å². The van der Waals surface area contributed by atoms with E-state index in [0.29, 0.717) is 6.61 Å². The molecule has 0 aliphatic carbocycles. The molecule has 0 N–H and O–H groups in total. The van der Waals surface area contributed by atoms with Gasteiger partial charge in [-0.25, -0.2) is 0 Å². The van der Waals surface area contributed by atoms with Gasteiger partial charge in [-0.2, -0.15) is 0 Å². The molecule has 1 aromatic carbocycles. The molecule has 9 heteroatoms. The molecule has 3 aromatic rings. The van der Waals surface area contributed by atoms with Crippen molar-refractivity contribution >= 4 is 46.0 Å². The van der Waals surface area contributed by atoms with Crippen molar-refractivity contribution in [2.75, 3.05) is 23.8 Å². The third-order valence-electron chi connectivity index (χ3n) is 3.75. The molecule has 0 radical (unpaired) electrons. The summed E-state index contributed by atoms with van der Waals surface area (Å²) in [6.45, 7) is 1.33. The normalized spacial score (nSPS) is 11.4. The van der Waals surface area contributed by atoms with Crippen molar-refractivity contribution in [3.05, 3.63) is 54.9 Å². The lowest BCUT2D eigenvalue weighted by atomic mass is 10.4. The minimum atomic E-state index is -2.15. The van der Waals surface area contributed by atoms with Gasteiger partial charge in [0.25, 0.3) is 0 Å². The van der Waals surface area contributed by atoms with Gasteiger partial charge in [-0.3, -0.25) is 0 Å². The van der Waals surface area contributed by atoms with E-state index in [1.807, 2.05) is 30.3 Å². The van der Waals surface area contributed by atoms with Crippen molar-refractivity contribution in [1.82, 2.24) is 30.8 Å². The molecule has 0 amide bonds. The van der Waals surface area contributed by atoms with Crippen molar-refractivity contribution in [2.24, 2.45) is 0 Å². The number of benzene rings is 1. The number of alkyl halides is 1. The van der Waals surface area contributed by atoms with E-state index < -0.39 is 7.26 Å². The van der Waals surface area contributed by atoms with E-state index in [-0.39, 0.29) is 0 Å². The highest BCUT2D eigenvalue weighted by atomic mass is 124. The highest BCUT2D eigenvalue weighted by molar-refractivity contribution is 14.1. The van der Waals surface area contributed by atoms with Crippen LogP contribution in [0.5, 0.6) is 0 Å². The monoisotopic (exact) mass is 464 g/mol. The lowest BCUT2D eigenvalue weighted by Gasteiger charge is -2.23. The number of aromatic nitrogens is 6. The fraction of sp³-hybridized carbons (Fsp3) is 0.250. The molecular weight excluding hydrogens is 447 g/mol. The number of rotatable bonds is 8. The van der Waals surface area contributed by atoms with Crippen molar-refractivity contribution < 1.29 is 4.74 Å². The van der Waals surface area contributed by atoms with E-state index in [1.165, 1.54) is 0 Å². The number of nitrogens with zero attached hydrogens (tertiary/aromatic N) is 6. The average molecular weight is 464 g/mol. The molecule has 0 fully saturated rings. The molecule has 7 nitrogen and oxygen atoms in total. The summed E-state index contributed by atoms with van der Waals surface area (Å²) in [5, 5.41) is 25.3. The molecule has 0 spiro atoms. The lowest BCUT2D eigenvalue weighted by Crippen LogP contribution is -2.38. The molecular formula is C16H17IN6OP+. The first-order valence-corrected chi connectivity index (χ1v) is 11.2. The lowest BCUT2D eigenvalue weighted by molar-refractivity contribution is 0.168. The van der Waals surface area contributed by atoms with Crippen LogP contribution >= 0.6 is 29.9 Å². The second kappa shape index (κ2) is 9.17. The molecule has 0 bridgehead atoms. The summed E-state index contributed by atoms with van der Waals surface area (Å²) in [4.78, 5) is 0. The van der Waals surface area contributed by atoms with Crippen LogP contribution in [-0.2, 0) is 4.74 Å². The Kier molecular flexibility index (Phi) is 6.66. The van der Waals surface area contributed by atoms with Gasteiger partial charge in [0.15, 0.2) is 7.26 Å². The highest BCUT2D eigenvalue weighted by Crippen LogP contribution is 2.53. The molecule has 2 heterocycles. The quantitative estimate of drug-likeness (QED) is 0.211. The second-order valence-corrected chi connectivity index (χ2v) is 9.71. The van der Waals surface area contributed by atoms with Gasteiger partial charge in [0.2, 0.25) is 10.9 Å². The van der Waals surface area contributed by atoms with Crippen molar-refractivity contribution in [2.45, 2.75) is 0 Å². The van der Waals surface area contributed by atoms with Gasteiger partial charge in [0.05, 0.1) is 25.6 Å². The van der Waals surface area contributed by atoms with Gasteiger partial charge in [-0.1, -0.05) is 51.0 Å². The van der Waals surface area contributed by atoms with Gasteiger partial charge in [0.1, 0.15) is 11.5 Å². The predicted molar refractivity (Wildman–Crippen MR) is 106 cm³/mol. The van der Waals surface area contributed by atoms with Crippen LogP contribution < -0.4 is 16.2 Å². The fourth-order valence-corrected chi connectivity index (χ4v) is 6.56. The molecule has 0 aliphatic rings. The molecule has 0 saturated heterocycles. The summed E-state index contributed by atoms with van der Waals surface area (Å²) in [5.41, 5.74) is 1.74. The predicted octanol–water partition coefficient (Wildman–Crippen LogP) is 0.802. The van der Waals surface area contributed by atoms with Gasteiger partial charge in [0, 0.05) is 16.6 Å². The van der Waals surface area contributed by atoms with Crippen LogP contribution in [0.1, 0.15) is 0 Å². The minimum absolute atomic E-state index is 0.611. The third-order valence-corrected chi connectivity index (χ3v) is 8.26. The van der Waals surface area contributed by atoms with E-state index in [9.17, 15) is 0 Å². The maximum atomic E-state index is 5.80. The number of halogens is 1. The highest BCUT2D eigenvalue weighted by Gasteiger charge is 2.49. The SMILES string of the molecule is [124I]CCOCC[P+](c1ccccc1)(c1ccnnn1)c1ccnnn1. The van der Waals surface area contributed by atoms with Gasteiger partial charge in [-0.15, -0.1) is 10.2 Å². The third kappa shape index (κ3) is 4.13. The zero-order valence-corrected chi connectivity index (χ0v) is 16.5. The first-order valence-electron chi connectivity index (χ1n) is 7.75. The smallest absolute Gasteiger partial charge is 0.218 e. The summed E-state index contributed by atoms with van der Waals surface area (Å²) < 4.78 is 6.75. The van der Waals surface area contributed by atoms with Crippen LogP contribution in [0.15, 0.2) is 54.9 Å². The van der Waals surface area contributed by atoms with E-state index in [4.69, 9.17) is 4.74 Å². The Morgan fingerprint density at radius 3 is 2.00 bits per heavy atom. The Morgan fingerprint density at radius 2 is 1.48 bits per heavy atom. The zero-order valence-electron chi connectivity index (χ0n) is 13.4. The summed E-state index contributed by atoms with van der Waals surface area (Å²) >= 11 is 2.31. The average Bonchev–Trinajstić information content (AvgIpc) is 2.70. The topological polar surface area (TPSA) is 86.6 Å². The Morgan fingerprint density at radius 1 is 0.840 bits per heavy atom. The molecule has 128 valence electrons. The largest absolute Gasteiger partial charge is 0.377 e. The Labute approximate surface area is 160 Å². The number of hydrogen-bond donors (Lipinski definition) is 0. The zero-order chi connectivity index (χ0) is 17.4. The van der Waals surface area contributed by atoms with Crippen LogP contribution in [0, 0.1) is 0 Å². The van der Waals surface area contributed by atoms with Crippen LogP contribution in [0.4, 0.5) is 0 Å². The molecule has 3 rings (SSSR count). The van der Waals surface area contributed by atoms with E-state index >= 15 is 0 Å². The molecule has 0 atom stereocenters. The minimum Gasteiger partial charge on any atom is -0.377 e. The molecule has 25 heavy (non-hydrogen) atoms. The standard InChI is InChI=1S/C16H17IN6OP/c17-8-11-24-12-13-25(14-4-2-1-3-5-14,15-6-9-18-22-20-15)16-7-10-19-23-21-16/h1-7,9-10H,8,11-13H2/q+1/i17-3. The first kappa shape index (κ1) is 18.2. The number of hydrogen-bond acceptors (Lipinski definition) is 7. The first-order chi connectivity index (χ1) is 12.4. The van der Waals surface area contributed by atoms with Crippen LogP contribution in [0.25, 0.3) is 0 Å². The van der Waals surface area contributed by atoms with Crippen LogP contribution in [0.2, 0.25) is 0 Å². The fourth-order valence-electron chi connectivity index (χ4n) is 2.66. The summed E-state index contributed by atoms with van der Waals surface area (Å²) in [7, 11) is -2.15. The Balaban J connectivity index is 2.13. The van der Waals surface area contributed by atoms with Crippen molar-refractivity contribution in [1.29, 1.82) is 0 Å². The van der Waals surface area contributed by atoms with Crippen molar-refractivity contribution in [3.8, 4) is 0 Å². The summed E-state index contributed by atoms with van der Waals surface area (Å²) in [5.74, 6) is 0. The maximum absolute atomic E-state index is 5.80. The summed E-state index contributed by atoms with van der Waals surface area (Å²) in [6, 6.07) is 14.1. The Bertz CT molecular complexity index is 669. The molecule has 2 aromatic heterocycles. The number of ether oxygens (including phenoxy) is 1. The van der Waals surface area contributed by atoms with E-state index in [2.05, 4.69) is 65.5 Å².